The van der Waals surface area contributed by atoms with E-state index in [2.05, 4.69) is 5.32 Å². The molecule has 0 spiro atoms. The Morgan fingerprint density at radius 2 is 1.84 bits per heavy atom. The largest absolute Gasteiger partial charge is 0.507 e. The van der Waals surface area contributed by atoms with Gasteiger partial charge in [-0.15, -0.1) is 0 Å². The van der Waals surface area contributed by atoms with Gasteiger partial charge in [0, 0.05) is 13.6 Å². The first-order chi connectivity index (χ1) is 8.97. The van der Waals surface area contributed by atoms with Crippen molar-refractivity contribution >= 4 is 11.8 Å². The monoisotopic (exact) mass is 266 g/mol. The SMILES string of the molecule is CCCNC(=O)CN(C)C(=O)c1c(O)cccc1O. The van der Waals surface area contributed by atoms with Crippen molar-refractivity contribution in [1.82, 2.24) is 10.2 Å². The summed E-state index contributed by atoms with van der Waals surface area (Å²) in [7, 11) is 1.43. The molecule has 0 aromatic heterocycles. The zero-order valence-electron chi connectivity index (χ0n) is 11.0. The molecule has 1 aromatic rings. The molecule has 1 aromatic carbocycles. The minimum atomic E-state index is -0.609. The molecule has 0 unspecified atom stereocenters. The van der Waals surface area contributed by atoms with E-state index in [1.807, 2.05) is 6.92 Å². The van der Waals surface area contributed by atoms with Gasteiger partial charge < -0.3 is 20.4 Å². The number of nitrogens with one attached hydrogen (secondary N) is 1. The van der Waals surface area contributed by atoms with Gasteiger partial charge in [0.25, 0.3) is 5.91 Å². The van der Waals surface area contributed by atoms with E-state index in [1.165, 1.54) is 25.2 Å². The third kappa shape index (κ3) is 3.87. The second-order valence-corrected chi connectivity index (χ2v) is 4.18. The van der Waals surface area contributed by atoms with Gasteiger partial charge >= 0.3 is 0 Å². The van der Waals surface area contributed by atoms with Gasteiger partial charge in [-0.05, 0) is 18.6 Å². The summed E-state index contributed by atoms with van der Waals surface area (Å²) in [5.41, 5.74) is -0.201. The molecule has 0 bridgehead atoms. The first kappa shape index (κ1) is 14.8. The predicted molar refractivity (Wildman–Crippen MR) is 70.0 cm³/mol. The van der Waals surface area contributed by atoms with Gasteiger partial charge in [0.15, 0.2) is 0 Å². The quantitative estimate of drug-likeness (QED) is 0.731. The Balaban J connectivity index is 2.75. The van der Waals surface area contributed by atoms with Crippen molar-refractivity contribution in [2.24, 2.45) is 0 Å². The fourth-order valence-electron chi connectivity index (χ4n) is 1.55. The zero-order valence-corrected chi connectivity index (χ0v) is 11.0. The number of phenols is 2. The van der Waals surface area contributed by atoms with Crippen LogP contribution >= 0.6 is 0 Å². The van der Waals surface area contributed by atoms with Gasteiger partial charge in [0.05, 0.1) is 6.54 Å². The van der Waals surface area contributed by atoms with Crippen LogP contribution in [-0.2, 0) is 4.79 Å². The molecule has 6 nitrogen and oxygen atoms in total. The third-order valence-electron chi connectivity index (χ3n) is 2.53. The molecular weight excluding hydrogens is 248 g/mol. The number of phenolic OH excluding ortho intramolecular Hbond substituents is 2. The molecule has 0 radical (unpaired) electrons. The Labute approximate surface area is 111 Å². The second-order valence-electron chi connectivity index (χ2n) is 4.18. The van der Waals surface area contributed by atoms with E-state index in [0.29, 0.717) is 6.54 Å². The lowest BCUT2D eigenvalue weighted by molar-refractivity contribution is -0.121. The van der Waals surface area contributed by atoms with Crippen molar-refractivity contribution in [3.8, 4) is 11.5 Å². The first-order valence-electron chi connectivity index (χ1n) is 6.00. The summed E-state index contributed by atoms with van der Waals surface area (Å²) in [5, 5.41) is 21.8. The van der Waals surface area contributed by atoms with E-state index >= 15 is 0 Å². The van der Waals surface area contributed by atoms with E-state index in [-0.39, 0.29) is 29.5 Å². The molecule has 0 aliphatic carbocycles. The molecule has 0 saturated carbocycles. The highest BCUT2D eigenvalue weighted by Gasteiger charge is 2.21. The number of amides is 2. The Bertz CT molecular complexity index is 453. The first-order valence-corrected chi connectivity index (χ1v) is 6.00. The number of rotatable bonds is 5. The molecule has 0 aliphatic rings. The predicted octanol–water partition coefficient (Wildman–Crippen LogP) is 0.696. The van der Waals surface area contributed by atoms with Crippen LogP contribution in [0.1, 0.15) is 23.7 Å². The number of carbonyl (C=O) groups is 2. The fraction of sp³-hybridized carbons (Fsp3) is 0.385. The van der Waals surface area contributed by atoms with E-state index in [1.54, 1.807) is 0 Å². The molecule has 0 aliphatic heterocycles. The number of aromatic hydroxyl groups is 2. The Kier molecular flexibility index (Phi) is 5.17. The van der Waals surface area contributed by atoms with Crippen LogP contribution in [0.25, 0.3) is 0 Å². The van der Waals surface area contributed by atoms with Crippen molar-refractivity contribution in [3.63, 3.8) is 0 Å². The highest BCUT2D eigenvalue weighted by Crippen LogP contribution is 2.27. The topological polar surface area (TPSA) is 89.9 Å². The Morgan fingerprint density at radius 1 is 1.26 bits per heavy atom. The lowest BCUT2D eigenvalue weighted by Crippen LogP contribution is -2.38. The summed E-state index contributed by atoms with van der Waals surface area (Å²) in [5.74, 6) is -1.52. The number of likely N-dealkylation sites (N-methyl/N-ethyl adjacent to an activating group) is 1. The molecule has 0 atom stereocenters. The van der Waals surface area contributed by atoms with E-state index in [9.17, 15) is 19.8 Å². The summed E-state index contributed by atoms with van der Waals surface area (Å²) >= 11 is 0. The third-order valence-corrected chi connectivity index (χ3v) is 2.53. The van der Waals surface area contributed by atoms with Crippen LogP contribution in [0.2, 0.25) is 0 Å². The van der Waals surface area contributed by atoms with Gasteiger partial charge in [-0.2, -0.15) is 0 Å². The number of benzene rings is 1. The zero-order chi connectivity index (χ0) is 14.4. The van der Waals surface area contributed by atoms with Crippen LogP contribution in [-0.4, -0.2) is 47.1 Å². The smallest absolute Gasteiger partial charge is 0.261 e. The maximum absolute atomic E-state index is 12.0. The molecule has 0 heterocycles. The summed E-state index contributed by atoms with van der Waals surface area (Å²) in [6.07, 6.45) is 0.809. The van der Waals surface area contributed by atoms with E-state index < -0.39 is 5.91 Å². The molecule has 3 N–H and O–H groups in total. The number of hydrogen-bond acceptors (Lipinski definition) is 4. The van der Waals surface area contributed by atoms with Crippen LogP contribution < -0.4 is 5.32 Å². The van der Waals surface area contributed by atoms with Crippen LogP contribution in [0.15, 0.2) is 18.2 Å². The highest BCUT2D eigenvalue weighted by atomic mass is 16.3. The molecule has 104 valence electrons. The van der Waals surface area contributed by atoms with Crippen LogP contribution in [0.5, 0.6) is 11.5 Å². The Hall–Kier alpha value is -2.24. The lowest BCUT2D eigenvalue weighted by Gasteiger charge is -2.17. The van der Waals surface area contributed by atoms with Crippen molar-refractivity contribution < 1.29 is 19.8 Å². The standard InChI is InChI=1S/C13H18N2O4/c1-3-7-14-11(18)8-15(2)13(19)12-9(16)5-4-6-10(12)17/h4-6,16-17H,3,7-8H2,1-2H3,(H,14,18). The molecule has 1 rings (SSSR count). The normalized spacial score (nSPS) is 10.0. The molecule has 2 amide bonds. The average Bonchev–Trinajstić information content (AvgIpc) is 2.35. The maximum atomic E-state index is 12.0. The summed E-state index contributed by atoms with van der Waals surface area (Å²) in [6.45, 7) is 2.34. The van der Waals surface area contributed by atoms with Crippen molar-refractivity contribution in [1.29, 1.82) is 0 Å². The minimum Gasteiger partial charge on any atom is -0.507 e. The van der Waals surface area contributed by atoms with E-state index in [0.717, 1.165) is 11.3 Å². The van der Waals surface area contributed by atoms with Gasteiger partial charge in [0.2, 0.25) is 5.91 Å². The van der Waals surface area contributed by atoms with Gasteiger partial charge in [0.1, 0.15) is 17.1 Å². The van der Waals surface area contributed by atoms with Gasteiger partial charge in [-0.3, -0.25) is 9.59 Å². The summed E-state index contributed by atoms with van der Waals surface area (Å²) in [6, 6.07) is 4.03. The second kappa shape index (κ2) is 6.63. The lowest BCUT2D eigenvalue weighted by atomic mass is 10.1. The molecule has 0 fully saturated rings. The highest BCUT2D eigenvalue weighted by molar-refractivity contribution is 6.00. The maximum Gasteiger partial charge on any atom is 0.261 e. The van der Waals surface area contributed by atoms with Gasteiger partial charge in [-0.25, -0.2) is 0 Å². The molecule has 0 saturated heterocycles. The van der Waals surface area contributed by atoms with Crippen molar-refractivity contribution in [2.45, 2.75) is 13.3 Å². The van der Waals surface area contributed by atoms with Gasteiger partial charge in [-0.1, -0.05) is 13.0 Å². The van der Waals surface area contributed by atoms with E-state index in [4.69, 9.17) is 0 Å². The number of carbonyl (C=O) groups excluding carboxylic acids is 2. The molecular formula is C13H18N2O4. The summed E-state index contributed by atoms with van der Waals surface area (Å²) in [4.78, 5) is 24.6. The Morgan fingerprint density at radius 3 is 2.37 bits per heavy atom. The molecule has 19 heavy (non-hydrogen) atoms. The van der Waals surface area contributed by atoms with Crippen LogP contribution in [0.4, 0.5) is 0 Å². The van der Waals surface area contributed by atoms with Crippen LogP contribution in [0, 0.1) is 0 Å². The fourth-order valence-corrected chi connectivity index (χ4v) is 1.55. The minimum absolute atomic E-state index is 0.132. The average molecular weight is 266 g/mol. The van der Waals surface area contributed by atoms with Crippen molar-refractivity contribution in [3.05, 3.63) is 23.8 Å². The summed E-state index contributed by atoms with van der Waals surface area (Å²) < 4.78 is 0. The van der Waals surface area contributed by atoms with Crippen LogP contribution in [0.3, 0.4) is 0 Å². The number of nitrogens with zero attached hydrogens (tertiary/aromatic N) is 1. The number of hydrogen-bond donors (Lipinski definition) is 3. The van der Waals surface area contributed by atoms with Crippen molar-refractivity contribution in [2.75, 3.05) is 20.1 Å². The molecule has 6 heteroatoms.